The molecular weight excluding hydrogens is 575 g/mol. The van der Waals surface area contributed by atoms with Crippen molar-refractivity contribution in [3.8, 4) is 27.9 Å². The standard InChI is InChI=1S/C44H27NS/c1-2-10-33-32(9-1)27-42(35-12-4-3-11-34(33)35)45-40-15-7-5-13-36(40)38-25-30(21-23-41(38)45)28-17-19-29(20-18-28)31-22-24-44-39(26-31)37-14-6-8-16-43(37)46-44/h1-27H. The first-order valence-corrected chi connectivity index (χ1v) is 16.6. The van der Waals surface area contributed by atoms with E-state index in [2.05, 4.69) is 168 Å². The average molecular weight is 602 g/mol. The third kappa shape index (κ3) is 3.81. The Morgan fingerprint density at radius 1 is 0.326 bits per heavy atom. The van der Waals surface area contributed by atoms with Crippen LogP contribution in [0.4, 0.5) is 0 Å². The summed E-state index contributed by atoms with van der Waals surface area (Å²) in [5, 5.41) is 10.3. The Bertz CT molecular complexity index is 2800. The summed E-state index contributed by atoms with van der Waals surface area (Å²) in [7, 11) is 0. The van der Waals surface area contributed by atoms with Crippen LogP contribution >= 0.6 is 11.3 Å². The van der Waals surface area contributed by atoms with E-state index in [1.54, 1.807) is 0 Å². The lowest BCUT2D eigenvalue weighted by Crippen LogP contribution is -1.96. The maximum absolute atomic E-state index is 2.45. The Morgan fingerprint density at radius 3 is 1.67 bits per heavy atom. The fraction of sp³-hybridized carbons (Fsp3) is 0. The van der Waals surface area contributed by atoms with E-state index < -0.39 is 0 Å². The van der Waals surface area contributed by atoms with E-state index >= 15 is 0 Å². The van der Waals surface area contributed by atoms with Gasteiger partial charge < -0.3 is 4.57 Å². The highest BCUT2D eigenvalue weighted by molar-refractivity contribution is 7.25. The summed E-state index contributed by atoms with van der Waals surface area (Å²) in [5.74, 6) is 0. The van der Waals surface area contributed by atoms with Gasteiger partial charge in [-0.3, -0.25) is 0 Å². The largest absolute Gasteiger partial charge is 0.309 e. The quantitative estimate of drug-likeness (QED) is 0.178. The highest BCUT2D eigenvalue weighted by atomic mass is 32.1. The summed E-state index contributed by atoms with van der Waals surface area (Å²) in [4.78, 5) is 0. The highest BCUT2D eigenvalue weighted by Crippen LogP contribution is 2.40. The second-order valence-electron chi connectivity index (χ2n) is 12.1. The van der Waals surface area contributed by atoms with Gasteiger partial charge in [-0.25, -0.2) is 0 Å². The molecule has 0 saturated carbocycles. The Morgan fingerprint density at radius 2 is 0.870 bits per heavy atom. The molecule has 2 aromatic heterocycles. The van der Waals surface area contributed by atoms with E-state index in [4.69, 9.17) is 0 Å². The van der Waals surface area contributed by atoms with Crippen LogP contribution in [0.15, 0.2) is 164 Å². The molecule has 0 unspecified atom stereocenters. The molecule has 0 fully saturated rings. The van der Waals surface area contributed by atoms with Gasteiger partial charge in [0.25, 0.3) is 0 Å². The SMILES string of the molecule is c1ccc2c(c1)cc(-n1c3ccccc3c3cc(-c4ccc(-c5ccc6sc7ccccc7c6c5)cc4)ccc31)c1ccccc12. The summed E-state index contributed by atoms with van der Waals surface area (Å²) in [5.41, 5.74) is 8.60. The monoisotopic (exact) mass is 601 g/mol. The molecule has 0 amide bonds. The highest BCUT2D eigenvalue weighted by Gasteiger charge is 2.16. The van der Waals surface area contributed by atoms with Gasteiger partial charge in [-0.2, -0.15) is 0 Å². The van der Waals surface area contributed by atoms with Crippen molar-refractivity contribution >= 4 is 74.9 Å². The number of para-hydroxylation sites is 1. The van der Waals surface area contributed by atoms with Crippen LogP contribution in [0.5, 0.6) is 0 Å². The topological polar surface area (TPSA) is 4.93 Å². The lowest BCUT2D eigenvalue weighted by atomic mass is 9.98. The molecule has 0 spiro atoms. The fourth-order valence-electron chi connectivity index (χ4n) is 7.39. The second kappa shape index (κ2) is 9.90. The van der Waals surface area contributed by atoms with Crippen molar-refractivity contribution in [2.45, 2.75) is 0 Å². The maximum Gasteiger partial charge on any atom is 0.0546 e. The zero-order valence-corrected chi connectivity index (χ0v) is 25.8. The van der Waals surface area contributed by atoms with Crippen LogP contribution in [0.1, 0.15) is 0 Å². The van der Waals surface area contributed by atoms with Gasteiger partial charge in [-0.1, -0.05) is 121 Å². The predicted molar refractivity (Wildman–Crippen MR) is 200 cm³/mol. The first-order valence-electron chi connectivity index (χ1n) is 15.8. The lowest BCUT2D eigenvalue weighted by Gasteiger charge is -2.14. The molecule has 214 valence electrons. The van der Waals surface area contributed by atoms with Crippen molar-refractivity contribution in [2.24, 2.45) is 0 Å². The Kier molecular flexibility index (Phi) is 5.51. The smallest absolute Gasteiger partial charge is 0.0546 e. The van der Waals surface area contributed by atoms with E-state index in [-0.39, 0.29) is 0 Å². The first kappa shape index (κ1) is 25.6. The predicted octanol–water partition coefficient (Wildman–Crippen LogP) is 12.8. The molecule has 10 rings (SSSR count). The Hall–Kier alpha value is -5.70. The molecule has 2 heteroatoms. The van der Waals surface area contributed by atoms with E-state index in [1.807, 2.05) is 11.3 Å². The van der Waals surface area contributed by atoms with Crippen molar-refractivity contribution in [1.82, 2.24) is 4.57 Å². The average Bonchev–Trinajstić information content (AvgIpc) is 3.66. The normalized spacial score (nSPS) is 11.9. The summed E-state index contributed by atoms with van der Waals surface area (Å²) >= 11 is 1.87. The van der Waals surface area contributed by atoms with E-state index in [0.717, 1.165) is 0 Å². The fourth-order valence-corrected chi connectivity index (χ4v) is 8.48. The molecule has 1 nitrogen and oxygen atoms in total. The van der Waals surface area contributed by atoms with Crippen LogP contribution in [0, 0.1) is 0 Å². The van der Waals surface area contributed by atoms with Crippen LogP contribution in [0.25, 0.3) is 91.5 Å². The van der Waals surface area contributed by atoms with E-state index in [9.17, 15) is 0 Å². The number of hydrogen-bond donors (Lipinski definition) is 0. The molecule has 2 heterocycles. The molecule has 0 aliphatic carbocycles. The molecule has 0 aliphatic heterocycles. The van der Waals surface area contributed by atoms with Crippen LogP contribution in [0.2, 0.25) is 0 Å². The molecule has 0 atom stereocenters. The molecule has 0 bridgehead atoms. The van der Waals surface area contributed by atoms with Gasteiger partial charge in [0.1, 0.15) is 0 Å². The molecule has 0 aliphatic rings. The zero-order chi connectivity index (χ0) is 30.2. The number of nitrogens with zero attached hydrogens (tertiary/aromatic N) is 1. The van der Waals surface area contributed by atoms with Crippen LogP contribution < -0.4 is 0 Å². The van der Waals surface area contributed by atoms with Crippen LogP contribution in [-0.4, -0.2) is 4.57 Å². The molecule has 0 saturated heterocycles. The number of thiophene rings is 1. The van der Waals surface area contributed by atoms with Crippen LogP contribution in [0.3, 0.4) is 0 Å². The summed E-state index contributed by atoms with van der Waals surface area (Å²) in [6.45, 7) is 0. The lowest BCUT2D eigenvalue weighted by molar-refractivity contribution is 1.20. The first-order chi connectivity index (χ1) is 22.8. The zero-order valence-electron chi connectivity index (χ0n) is 24.9. The van der Waals surface area contributed by atoms with Crippen molar-refractivity contribution < 1.29 is 0 Å². The molecule has 10 aromatic rings. The minimum absolute atomic E-state index is 1.22. The third-order valence-electron chi connectivity index (χ3n) is 9.59. The minimum atomic E-state index is 1.22. The van der Waals surface area contributed by atoms with Gasteiger partial charge in [0.15, 0.2) is 0 Å². The molecular formula is C44H27NS. The summed E-state index contributed by atoms with van der Waals surface area (Å²) in [6, 6.07) is 60.3. The Balaban J connectivity index is 1.11. The van der Waals surface area contributed by atoms with Gasteiger partial charge in [0, 0.05) is 36.3 Å². The number of benzene rings is 8. The number of fused-ring (bicyclic) bond motifs is 9. The van der Waals surface area contributed by atoms with Crippen LogP contribution in [-0.2, 0) is 0 Å². The van der Waals surface area contributed by atoms with Gasteiger partial charge in [0.2, 0.25) is 0 Å². The number of hydrogen-bond acceptors (Lipinski definition) is 1. The number of rotatable bonds is 3. The number of aromatic nitrogens is 1. The van der Waals surface area contributed by atoms with Crippen molar-refractivity contribution in [3.05, 3.63) is 164 Å². The minimum Gasteiger partial charge on any atom is -0.309 e. The van der Waals surface area contributed by atoms with Crippen molar-refractivity contribution in [3.63, 3.8) is 0 Å². The molecule has 0 N–H and O–H groups in total. The van der Waals surface area contributed by atoms with Gasteiger partial charge in [-0.15, -0.1) is 11.3 Å². The van der Waals surface area contributed by atoms with E-state index in [0.29, 0.717) is 0 Å². The molecule has 0 radical (unpaired) electrons. The Labute approximate surface area is 270 Å². The van der Waals surface area contributed by atoms with Crippen molar-refractivity contribution in [2.75, 3.05) is 0 Å². The molecule has 46 heavy (non-hydrogen) atoms. The molecule has 8 aromatic carbocycles. The van der Waals surface area contributed by atoms with E-state index in [1.165, 1.54) is 91.5 Å². The van der Waals surface area contributed by atoms with Gasteiger partial charge in [-0.05, 0) is 80.9 Å². The summed E-state index contributed by atoms with van der Waals surface area (Å²) < 4.78 is 5.14. The second-order valence-corrected chi connectivity index (χ2v) is 13.2. The van der Waals surface area contributed by atoms with Gasteiger partial charge >= 0.3 is 0 Å². The summed E-state index contributed by atoms with van der Waals surface area (Å²) in [6.07, 6.45) is 0. The maximum atomic E-state index is 2.45. The third-order valence-corrected chi connectivity index (χ3v) is 10.7. The van der Waals surface area contributed by atoms with Gasteiger partial charge in [0.05, 0.1) is 16.7 Å². The van der Waals surface area contributed by atoms with Crippen molar-refractivity contribution in [1.29, 1.82) is 0 Å².